The topological polar surface area (TPSA) is 92.4 Å². The molecule has 7 nitrogen and oxygen atoms in total. The largest absolute Gasteiger partial charge is 0.396 e. The summed E-state index contributed by atoms with van der Waals surface area (Å²) >= 11 is 0. The number of aryl methyl sites for hydroxylation is 1. The van der Waals surface area contributed by atoms with E-state index >= 15 is 0 Å². The van der Waals surface area contributed by atoms with Gasteiger partial charge in [0.15, 0.2) is 5.78 Å². The average molecular weight is 419 g/mol. The first-order chi connectivity index (χ1) is 15.2. The number of carbonyl (C=O) groups excluding carboxylic acids is 1. The molecular formula is C23H22FN5O2. The van der Waals surface area contributed by atoms with Crippen LogP contribution in [0, 0.1) is 5.82 Å². The zero-order chi connectivity index (χ0) is 21.4. The van der Waals surface area contributed by atoms with Gasteiger partial charge in [0.2, 0.25) is 0 Å². The predicted octanol–water partition coefficient (Wildman–Crippen LogP) is 2.41. The molecule has 0 bridgehead atoms. The molecule has 3 heterocycles. The Balaban J connectivity index is 1.70. The summed E-state index contributed by atoms with van der Waals surface area (Å²) in [5, 5.41) is 17.3. The van der Waals surface area contributed by atoms with Gasteiger partial charge in [0, 0.05) is 36.9 Å². The molecule has 0 fully saturated rings. The fraction of sp³-hybridized carbons (Fsp3) is 0.304. The molecule has 3 aromatic rings. The van der Waals surface area contributed by atoms with E-state index in [0.29, 0.717) is 30.9 Å². The van der Waals surface area contributed by atoms with Crippen molar-refractivity contribution in [3.8, 4) is 0 Å². The Morgan fingerprint density at radius 3 is 2.84 bits per heavy atom. The maximum atomic E-state index is 13.6. The molecule has 2 aromatic carbocycles. The molecule has 158 valence electrons. The Bertz CT molecular complexity index is 1160. The number of hydrogen-bond donors (Lipinski definition) is 2. The number of nitrogens with one attached hydrogen (secondary N) is 1. The van der Waals surface area contributed by atoms with Crippen molar-refractivity contribution in [3.05, 3.63) is 82.7 Å². The highest BCUT2D eigenvalue weighted by molar-refractivity contribution is 6.18. The molecule has 0 saturated carbocycles. The van der Waals surface area contributed by atoms with Crippen molar-refractivity contribution in [2.75, 3.05) is 13.2 Å². The number of aliphatic hydroxyl groups excluding tert-OH is 1. The number of nitrogens with zero attached hydrogens (tertiary/aromatic N) is 4. The highest BCUT2D eigenvalue weighted by Crippen LogP contribution is 2.39. The van der Waals surface area contributed by atoms with Crippen LogP contribution in [-0.4, -0.2) is 44.5 Å². The number of halogens is 1. The van der Waals surface area contributed by atoms with Gasteiger partial charge in [0.1, 0.15) is 24.5 Å². The number of aliphatic imine (C=N–C) groups is 1. The lowest BCUT2D eigenvalue weighted by molar-refractivity contribution is 0.1000. The lowest BCUT2D eigenvalue weighted by atomic mass is 9.82. The minimum atomic E-state index is -0.331. The molecule has 5 rings (SSSR count). The van der Waals surface area contributed by atoms with Gasteiger partial charge >= 0.3 is 0 Å². The van der Waals surface area contributed by atoms with Gasteiger partial charge in [0.25, 0.3) is 0 Å². The first-order valence-electron chi connectivity index (χ1n) is 10.3. The van der Waals surface area contributed by atoms with E-state index in [-0.39, 0.29) is 36.7 Å². The van der Waals surface area contributed by atoms with Crippen molar-refractivity contribution >= 4 is 11.5 Å². The summed E-state index contributed by atoms with van der Waals surface area (Å²) in [6.45, 7) is 1.19. The van der Waals surface area contributed by atoms with E-state index < -0.39 is 0 Å². The number of carbonyl (C=O) groups is 1. The third kappa shape index (κ3) is 3.47. The molecule has 2 atom stereocenters. The van der Waals surface area contributed by atoms with Crippen LogP contribution in [0.3, 0.4) is 0 Å². The summed E-state index contributed by atoms with van der Waals surface area (Å²) in [6.07, 6.45) is 2.05. The number of benzene rings is 2. The van der Waals surface area contributed by atoms with Gasteiger partial charge in [0.05, 0.1) is 11.6 Å². The highest BCUT2D eigenvalue weighted by atomic mass is 19.1. The highest BCUT2D eigenvalue weighted by Gasteiger charge is 2.39. The van der Waals surface area contributed by atoms with Crippen molar-refractivity contribution in [1.82, 2.24) is 20.1 Å². The van der Waals surface area contributed by atoms with Gasteiger partial charge in [-0.1, -0.05) is 30.3 Å². The fourth-order valence-electron chi connectivity index (χ4n) is 4.51. The third-order valence-electron chi connectivity index (χ3n) is 5.92. The molecule has 0 saturated heterocycles. The van der Waals surface area contributed by atoms with Gasteiger partial charge in [-0.2, -0.15) is 5.10 Å². The smallest absolute Gasteiger partial charge is 0.184 e. The van der Waals surface area contributed by atoms with Gasteiger partial charge < -0.3 is 10.4 Å². The SMILES string of the molecule is O=C1CN=C2c3c(cccc31)CNC(c1ccc(F)cc1)C2c1ncnn1CCCO. The van der Waals surface area contributed by atoms with E-state index in [9.17, 15) is 14.3 Å². The monoisotopic (exact) mass is 419 g/mol. The second kappa shape index (κ2) is 8.13. The van der Waals surface area contributed by atoms with E-state index in [1.807, 2.05) is 18.2 Å². The van der Waals surface area contributed by atoms with Crippen LogP contribution in [0.4, 0.5) is 4.39 Å². The number of aromatic nitrogens is 3. The molecule has 0 aliphatic carbocycles. The molecule has 31 heavy (non-hydrogen) atoms. The number of aliphatic hydroxyl groups is 1. The van der Waals surface area contributed by atoms with Gasteiger partial charge in [-0.15, -0.1) is 0 Å². The lowest BCUT2D eigenvalue weighted by Crippen LogP contribution is -2.33. The van der Waals surface area contributed by atoms with Crippen molar-refractivity contribution in [2.24, 2.45) is 4.99 Å². The zero-order valence-corrected chi connectivity index (χ0v) is 16.8. The fourth-order valence-corrected chi connectivity index (χ4v) is 4.51. The molecule has 2 aliphatic heterocycles. The van der Waals surface area contributed by atoms with Gasteiger partial charge in [-0.05, 0) is 29.7 Å². The lowest BCUT2D eigenvalue weighted by Gasteiger charge is -2.29. The second-order valence-electron chi connectivity index (χ2n) is 7.77. The summed E-state index contributed by atoms with van der Waals surface area (Å²) in [5.74, 6) is 0.0701. The Kier molecular flexibility index (Phi) is 5.17. The normalized spacial score (nSPS) is 20.2. The predicted molar refractivity (Wildman–Crippen MR) is 113 cm³/mol. The number of ketones is 1. The minimum absolute atomic E-state index is 0.00123. The maximum Gasteiger partial charge on any atom is 0.184 e. The molecular weight excluding hydrogens is 397 g/mol. The summed E-state index contributed by atoms with van der Waals surface area (Å²) in [4.78, 5) is 21.9. The molecule has 2 N–H and O–H groups in total. The average Bonchev–Trinajstić information content (AvgIpc) is 3.18. The van der Waals surface area contributed by atoms with Crippen LogP contribution in [0.25, 0.3) is 0 Å². The van der Waals surface area contributed by atoms with Crippen LogP contribution < -0.4 is 5.32 Å². The first-order valence-corrected chi connectivity index (χ1v) is 10.3. The molecule has 0 amide bonds. The number of rotatable bonds is 5. The molecule has 0 spiro atoms. The van der Waals surface area contributed by atoms with Crippen molar-refractivity contribution in [2.45, 2.75) is 31.5 Å². The Hall–Kier alpha value is -3.23. The van der Waals surface area contributed by atoms with Crippen LogP contribution in [0.1, 0.15) is 51.3 Å². The van der Waals surface area contributed by atoms with Crippen LogP contribution in [0.5, 0.6) is 0 Å². The molecule has 2 aliphatic rings. The second-order valence-corrected chi connectivity index (χ2v) is 7.77. The Morgan fingerprint density at radius 1 is 1.19 bits per heavy atom. The quantitative estimate of drug-likeness (QED) is 0.663. The van der Waals surface area contributed by atoms with Crippen molar-refractivity contribution in [3.63, 3.8) is 0 Å². The Labute approximate surface area is 178 Å². The minimum Gasteiger partial charge on any atom is -0.396 e. The molecule has 0 radical (unpaired) electrons. The van der Waals surface area contributed by atoms with Crippen molar-refractivity contribution in [1.29, 1.82) is 0 Å². The maximum absolute atomic E-state index is 13.6. The van der Waals surface area contributed by atoms with Crippen LogP contribution in [0.15, 0.2) is 53.8 Å². The number of hydrogen-bond acceptors (Lipinski definition) is 6. The van der Waals surface area contributed by atoms with Crippen LogP contribution in [0.2, 0.25) is 0 Å². The molecule has 1 aromatic heterocycles. The summed E-state index contributed by atoms with van der Waals surface area (Å²) in [7, 11) is 0. The standard InChI is InChI=1S/C23H22FN5O2/c24-16-7-5-14(6-8-16)21-20(23-27-13-28-29(23)9-2-10-30)22-19-15(11-25-21)3-1-4-17(19)18(31)12-26-22/h1,3-8,13,20-21,25,30H,2,9-12H2. The van der Waals surface area contributed by atoms with Gasteiger partial charge in [-0.25, -0.2) is 14.1 Å². The van der Waals surface area contributed by atoms with Crippen LogP contribution in [-0.2, 0) is 13.1 Å². The zero-order valence-electron chi connectivity index (χ0n) is 16.8. The summed E-state index contributed by atoms with van der Waals surface area (Å²) in [6, 6.07) is 11.9. The van der Waals surface area contributed by atoms with E-state index in [2.05, 4.69) is 15.4 Å². The Morgan fingerprint density at radius 2 is 2.03 bits per heavy atom. The van der Waals surface area contributed by atoms with E-state index in [0.717, 1.165) is 22.4 Å². The van der Waals surface area contributed by atoms with Gasteiger partial charge in [-0.3, -0.25) is 9.79 Å². The molecule has 2 unspecified atom stereocenters. The summed E-state index contributed by atoms with van der Waals surface area (Å²) in [5.41, 5.74) is 4.23. The first kappa shape index (κ1) is 19.7. The van der Waals surface area contributed by atoms with Crippen molar-refractivity contribution < 1.29 is 14.3 Å². The van der Waals surface area contributed by atoms with Crippen LogP contribution >= 0.6 is 0 Å². The van der Waals surface area contributed by atoms with E-state index in [1.54, 1.807) is 16.8 Å². The van der Waals surface area contributed by atoms with E-state index in [4.69, 9.17) is 4.99 Å². The number of Topliss-reactive ketones (excluding diaryl/α,β-unsaturated/α-hetero) is 1. The summed E-state index contributed by atoms with van der Waals surface area (Å²) < 4.78 is 15.4. The molecule has 8 heteroatoms. The third-order valence-corrected chi connectivity index (χ3v) is 5.92. The van der Waals surface area contributed by atoms with E-state index in [1.165, 1.54) is 18.5 Å².